The van der Waals surface area contributed by atoms with E-state index in [1.165, 1.54) is 18.2 Å². The molecule has 1 aromatic carbocycles. The van der Waals surface area contributed by atoms with Gasteiger partial charge in [0.1, 0.15) is 0 Å². The zero-order valence-corrected chi connectivity index (χ0v) is 15.1. The van der Waals surface area contributed by atoms with E-state index in [2.05, 4.69) is 9.97 Å². The molecule has 0 bridgehead atoms. The number of nitrogens with zero attached hydrogens (tertiary/aromatic N) is 3. The van der Waals surface area contributed by atoms with Crippen LogP contribution in [0.4, 0.5) is 0 Å². The molecule has 1 aliphatic heterocycles. The molecular formula is C19H23N3OS. The molecule has 0 aliphatic carbocycles. The number of aromatic nitrogens is 2. The van der Waals surface area contributed by atoms with Crippen molar-refractivity contribution in [3.05, 3.63) is 42.1 Å². The molecule has 1 aliphatic rings. The Hall–Kier alpha value is -1.88. The van der Waals surface area contributed by atoms with E-state index in [0.29, 0.717) is 5.16 Å². The zero-order chi connectivity index (χ0) is 16.9. The second-order valence-corrected chi connectivity index (χ2v) is 7.50. The Morgan fingerprint density at radius 3 is 2.54 bits per heavy atom. The summed E-state index contributed by atoms with van der Waals surface area (Å²) in [5, 5.41) is 0.514. The van der Waals surface area contributed by atoms with Crippen molar-refractivity contribution in [1.29, 1.82) is 0 Å². The molecule has 126 valence electrons. The topological polar surface area (TPSA) is 46.1 Å². The number of piperidine rings is 1. The number of carbonyl (C=O) groups excluding carboxylic acids is 1. The molecule has 0 N–H and O–H groups in total. The van der Waals surface area contributed by atoms with Crippen LogP contribution in [0.2, 0.25) is 0 Å². The molecule has 4 nitrogen and oxygen atoms in total. The second-order valence-electron chi connectivity index (χ2n) is 6.19. The van der Waals surface area contributed by atoms with Gasteiger partial charge >= 0.3 is 0 Å². The van der Waals surface area contributed by atoms with Gasteiger partial charge in [-0.05, 0) is 39.2 Å². The van der Waals surface area contributed by atoms with Gasteiger partial charge in [-0.15, -0.1) is 0 Å². The Bertz CT molecular complexity index is 699. The van der Waals surface area contributed by atoms with Crippen LogP contribution in [0.3, 0.4) is 0 Å². The first-order valence-corrected chi connectivity index (χ1v) is 9.38. The molecule has 3 rings (SSSR count). The molecule has 24 heavy (non-hydrogen) atoms. The van der Waals surface area contributed by atoms with Crippen molar-refractivity contribution >= 4 is 17.7 Å². The molecule has 0 radical (unpaired) electrons. The molecule has 0 saturated carbocycles. The number of benzene rings is 1. The van der Waals surface area contributed by atoms with Gasteiger partial charge in [-0.25, -0.2) is 9.97 Å². The fraction of sp³-hybridized carbons (Fsp3) is 0.421. The van der Waals surface area contributed by atoms with Crippen molar-refractivity contribution in [2.45, 2.75) is 43.5 Å². The summed E-state index contributed by atoms with van der Waals surface area (Å²) in [6.45, 7) is 5.69. The maximum atomic E-state index is 12.6. The normalized spacial score (nSPS) is 16.0. The van der Waals surface area contributed by atoms with Gasteiger partial charge in [-0.3, -0.25) is 4.79 Å². The van der Waals surface area contributed by atoms with Crippen molar-refractivity contribution in [3.8, 4) is 11.3 Å². The van der Waals surface area contributed by atoms with Crippen LogP contribution >= 0.6 is 11.8 Å². The van der Waals surface area contributed by atoms with E-state index in [4.69, 9.17) is 0 Å². The average molecular weight is 341 g/mol. The summed E-state index contributed by atoms with van der Waals surface area (Å²) in [5.41, 5.74) is 2.90. The summed E-state index contributed by atoms with van der Waals surface area (Å²) in [4.78, 5) is 23.7. The van der Waals surface area contributed by atoms with Crippen LogP contribution in [-0.4, -0.2) is 39.1 Å². The molecule has 0 spiro atoms. The van der Waals surface area contributed by atoms with Gasteiger partial charge in [0, 0.05) is 24.3 Å². The molecule has 1 saturated heterocycles. The van der Waals surface area contributed by atoms with E-state index in [-0.39, 0.29) is 11.2 Å². The van der Waals surface area contributed by atoms with E-state index >= 15 is 0 Å². The Morgan fingerprint density at radius 2 is 1.83 bits per heavy atom. The third-order valence-corrected chi connectivity index (χ3v) is 5.15. The van der Waals surface area contributed by atoms with Gasteiger partial charge in [0.15, 0.2) is 5.16 Å². The maximum Gasteiger partial charge on any atom is 0.235 e. The van der Waals surface area contributed by atoms with Crippen molar-refractivity contribution < 1.29 is 4.79 Å². The number of amides is 1. The molecule has 0 unspecified atom stereocenters. The first kappa shape index (κ1) is 17.0. The third kappa shape index (κ3) is 4.15. The van der Waals surface area contributed by atoms with Crippen LogP contribution in [0, 0.1) is 6.92 Å². The highest BCUT2D eigenvalue weighted by Gasteiger charge is 2.24. The standard InChI is InChI=1S/C19H23N3OS/c1-14-13-17(16-9-5-3-6-10-16)21-19(20-14)24-15(2)18(23)22-11-7-4-8-12-22/h3,5-6,9-10,13,15H,4,7-8,11-12H2,1-2H3/t15-/m0/s1. The van der Waals surface area contributed by atoms with Gasteiger partial charge in [-0.2, -0.15) is 0 Å². The lowest BCUT2D eigenvalue weighted by atomic mass is 10.1. The summed E-state index contributed by atoms with van der Waals surface area (Å²) in [5.74, 6) is 0.200. The number of aryl methyl sites for hydroxylation is 1. The second kappa shape index (κ2) is 7.79. The highest BCUT2D eigenvalue weighted by Crippen LogP contribution is 2.26. The lowest BCUT2D eigenvalue weighted by molar-refractivity contribution is -0.131. The molecule has 2 aromatic rings. The molecule has 1 atom stereocenters. The Morgan fingerprint density at radius 1 is 1.12 bits per heavy atom. The molecule has 1 fully saturated rings. The van der Waals surface area contributed by atoms with Crippen LogP contribution in [0.15, 0.2) is 41.6 Å². The summed E-state index contributed by atoms with van der Waals surface area (Å²) in [6.07, 6.45) is 3.46. The van der Waals surface area contributed by atoms with Crippen LogP contribution in [0.5, 0.6) is 0 Å². The minimum atomic E-state index is -0.159. The van der Waals surface area contributed by atoms with Crippen molar-refractivity contribution in [2.75, 3.05) is 13.1 Å². The Kier molecular flexibility index (Phi) is 5.51. The number of hydrogen-bond donors (Lipinski definition) is 0. The first-order valence-electron chi connectivity index (χ1n) is 8.50. The third-order valence-electron chi connectivity index (χ3n) is 4.20. The van der Waals surface area contributed by atoms with Crippen molar-refractivity contribution in [2.24, 2.45) is 0 Å². The lowest BCUT2D eigenvalue weighted by Crippen LogP contribution is -2.40. The van der Waals surface area contributed by atoms with Crippen LogP contribution in [0.25, 0.3) is 11.3 Å². The lowest BCUT2D eigenvalue weighted by Gasteiger charge is -2.28. The van der Waals surface area contributed by atoms with E-state index in [9.17, 15) is 4.79 Å². The van der Waals surface area contributed by atoms with E-state index in [0.717, 1.165) is 42.9 Å². The van der Waals surface area contributed by atoms with Gasteiger partial charge in [0.2, 0.25) is 5.91 Å². The summed E-state index contributed by atoms with van der Waals surface area (Å²) < 4.78 is 0. The quantitative estimate of drug-likeness (QED) is 0.624. The largest absolute Gasteiger partial charge is 0.342 e. The van der Waals surface area contributed by atoms with Crippen molar-refractivity contribution in [3.63, 3.8) is 0 Å². The zero-order valence-electron chi connectivity index (χ0n) is 14.2. The van der Waals surface area contributed by atoms with Gasteiger partial charge in [0.25, 0.3) is 0 Å². The number of thioether (sulfide) groups is 1. The van der Waals surface area contributed by atoms with Crippen LogP contribution < -0.4 is 0 Å². The Labute approximate surface area is 147 Å². The number of carbonyl (C=O) groups is 1. The first-order chi connectivity index (χ1) is 11.6. The summed E-state index contributed by atoms with van der Waals surface area (Å²) in [7, 11) is 0. The highest BCUT2D eigenvalue weighted by molar-refractivity contribution is 8.00. The summed E-state index contributed by atoms with van der Waals surface area (Å²) in [6, 6.07) is 12.1. The van der Waals surface area contributed by atoms with Gasteiger partial charge in [0.05, 0.1) is 10.9 Å². The van der Waals surface area contributed by atoms with Crippen LogP contribution in [0.1, 0.15) is 31.9 Å². The molecule has 1 amide bonds. The monoisotopic (exact) mass is 341 g/mol. The fourth-order valence-electron chi connectivity index (χ4n) is 2.93. The smallest absolute Gasteiger partial charge is 0.235 e. The van der Waals surface area contributed by atoms with Gasteiger partial charge < -0.3 is 4.90 Å². The average Bonchev–Trinajstić information content (AvgIpc) is 2.62. The van der Waals surface area contributed by atoms with E-state index in [1.807, 2.05) is 55.1 Å². The fourth-order valence-corrected chi connectivity index (χ4v) is 3.84. The predicted molar refractivity (Wildman–Crippen MR) is 98.0 cm³/mol. The maximum absolute atomic E-state index is 12.6. The highest BCUT2D eigenvalue weighted by atomic mass is 32.2. The number of hydrogen-bond acceptors (Lipinski definition) is 4. The van der Waals surface area contributed by atoms with Gasteiger partial charge in [-0.1, -0.05) is 42.1 Å². The number of rotatable bonds is 4. The molecule has 5 heteroatoms. The van der Waals surface area contributed by atoms with E-state index in [1.54, 1.807) is 0 Å². The minimum absolute atomic E-state index is 0.159. The SMILES string of the molecule is Cc1cc(-c2ccccc2)nc(S[C@@H](C)C(=O)N2CCCCC2)n1. The van der Waals surface area contributed by atoms with Crippen LogP contribution in [-0.2, 0) is 4.79 Å². The summed E-state index contributed by atoms with van der Waals surface area (Å²) >= 11 is 1.45. The predicted octanol–water partition coefficient (Wildman–Crippen LogP) is 3.95. The van der Waals surface area contributed by atoms with E-state index < -0.39 is 0 Å². The molecular weight excluding hydrogens is 318 g/mol. The molecule has 1 aromatic heterocycles. The van der Waals surface area contributed by atoms with Crippen molar-refractivity contribution in [1.82, 2.24) is 14.9 Å². The number of likely N-dealkylation sites (tertiary alicyclic amines) is 1. The molecule has 2 heterocycles. The Balaban J connectivity index is 1.74. The minimum Gasteiger partial charge on any atom is -0.342 e.